The lowest BCUT2D eigenvalue weighted by Gasteiger charge is -2.39. The molecule has 1 aromatic carbocycles. The first kappa shape index (κ1) is 16.0. The summed E-state index contributed by atoms with van der Waals surface area (Å²) in [5.74, 6) is -0.967. The highest BCUT2D eigenvalue weighted by Gasteiger charge is 2.34. The maximum absolute atomic E-state index is 13.6. The predicted octanol–water partition coefficient (Wildman–Crippen LogP) is 3.39. The van der Waals surface area contributed by atoms with E-state index in [1.807, 2.05) is 4.90 Å². The molecule has 0 bridgehead atoms. The van der Waals surface area contributed by atoms with Crippen molar-refractivity contribution in [3.63, 3.8) is 0 Å². The van der Waals surface area contributed by atoms with E-state index in [0.717, 1.165) is 23.5 Å². The number of nitrogens with zero attached hydrogens (tertiary/aromatic N) is 2. The lowest BCUT2D eigenvalue weighted by Crippen LogP contribution is -2.51. The van der Waals surface area contributed by atoms with Crippen LogP contribution in [-0.4, -0.2) is 31.3 Å². The van der Waals surface area contributed by atoms with E-state index in [9.17, 15) is 17.6 Å². The van der Waals surface area contributed by atoms with E-state index in [0.29, 0.717) is 24.2 Å². The molecule has 0 amide bonds. The van der Waals surface area contributed by atoms with Crippen LogP contribution in [0.15, 0.2) is 18.2 Å². The van der Waals surface area contributed by atoms with Crippen LogP contribution < -0.4 is 10.6 Å². The summed E-state index contributed by atoms with van der Waals surface area (Å²) < 4.78 is 57.4. The number of hydrogen-bond donors (Lipinski definition) is 1. The van der Waals surface area contributed by atoms with Crippen molar-refractivity contribution in [3.8, 4) is 11.3 Å². The van der Waals surface area contributed by atoms with Gasteiger partial charge in [0.05, 0.1) is 11.7 Å². The first-order valence-electron chi connectivity index (χ1n) is 6.70. The Kier molecular flexibility index (Phi) is 3.93. The van der Waals surface area contributed by atoms with Gasteiger partial charge in [-0.25, -0.2) is 9.37 Å². The minimum Gasteiger partial charge on any atom is -0.378 e. The van der Waals surface area contributed by atoms with Gasteiger partial charge >= 0.3 is 6.18 Å². The number of hydrogen-bond acceptors (Lipinski definition) is 5. The van der Waals surface area contributed by atoms with Crippen molar-refractivity contribution in [1.29, 1.82) is 0 Å². The van der Waals surface area contributed by atoms with E-state index in [1.165, 1.54) is 0 Å². The topological polar surface area (TPSA) is 51.4 Å². The Morgan fingerprint density at radius 3 is 2.61 bits per heavy atom. The van der Waals surface area contributed by atoms with Crippen LogP contribution in [0.5, 0.6) is 0 Å². The molecule has 124 valence electrons. The van der Waals surface area contributed by atoms with Crippen LogP contribution in [0.3, 0.4) is 0 Å². The van der Waals surface area contributed by atoms with Crippen LogP contribution in [0.4, 0.5) is 27.7 Å². The molecule has 3 rings (SSSR count). The Balaban J connectivity index is 2.01. The van der Waals surface area contributed by atoms with Crippen molar-refractivity contribution < 1.29 is 22.3 Å². The molecule has 2 aromatic rings. The number of anilines is 2. The number of thiazole rings is 1. The van der Waals surface area contributed by atoms with Crippen LogP contribution >= 0.6 is 11.3 Å². The van der Waals surface area contributed by atoms with Gasteiger partial charge in [0.25, 0.3) is 0 Å². The van der Waals surface area contributed by atoms with Crippen LogP contribution in [0.1, 0.15) is 5.56 Å². The summed E-state index contributed by atoms with van der Waals surface area (Å²) in [5, 5.41) is 0.836. The van der Waals surface area contributed by atoms with Crippen molar-refractivity contribution in [2.45, 2.75) is 12.3 Å². The molecule has 2 N–H and O–H groups in total. The molecule has 1 fully saturated rings. The molecule has 0 radical (unpaired) electrons. The molecule has 4 nitrogen and oxygen atoms in total. The van der Waals surface area contributed by atoms with Gasteiger partial charge in [0, 0.05) is 25.8 Å². The first-order valence-corrected chi connectivity index (χ1v) is 7.52. The zero-order valence-electron chi connectivity index (χ0n) is 12.0. The third kappa shape index (κ3) is 3.11. The standard InChI is InChI=1S/C14H13F4N3OS/c1-22-10-5-21(6-10)12-11(20-13(19)23-12)7-2-8(14(16,17)18)4-9(15)3-7/h2-4,10H,5-6H2,1H3,(H2,19,20). The number of nitrogen functional groups attached to an aromatic ring is 1. The summed E-state index contributed by atoms with van der Waals surface area (Å²) in [6.45, 7) is 1.18. The van der Waals surface area contributed by atoms with Crippen molar-refractivity contribution in [2.24, 2.45) is 0 Å². The average Bonchev–Trinajstić information content (AvgIpc) is 2.78. The summed E-state index contributed by atoms with van der Waals surface area (Å²) in [7, 11) is 1.59. The molecule has 1 aliphatic rings. The van der Waals surface area contributed by atoms with Crippen molar-refractivity contribution in [3.05, 3.63) is 29.6 Å². The molecule has 2 heterocycles. The van der Waals surface area contributed by atoms with Gasteiger partial charge in [-0.3, -0.25) is 0 Å². The van der Waals surface area contributed by atoms with E-state index in [2.05, 4.69) is 4.98 Å². The fourth-order valence-corrected chi connectivity index (χ4v) is 3.25. The molecule has 0 spiro atoms. The number of aromatic nitrogens is 1. The van der Waals surface area contributed by atoms with Gasteiger partial charge < -0.3 is 15.4 Å². The number of alkyl halides is 3. The molecule has 9 heteroatoms. The molecule has 0 atom stereocenters. The van der Waals surface area contributed by atoms with Crippen molar-refractivity contribution in [2.75, 3.05) is 30.8 Å². The van der Waals surface area contributed by atoms with Crippen molar-refractivity contribution in [1.82, 2.24) is 4.98 Å². The van der Waals surface area contributed by atoms with Crippen LogP contribution in [0.2, 0.25) is 0 Å². The second-order valence-electron chi connectivity index (χ2n) is 5.19. The second kappa shape index (κ2) is 5.64. The zero-order valence-corrected chi connectivity index (χ0v) is 12.8. The summed E-state index contributed by atoms with van der Waals surface area (Å²) >= 11 is 1.16. The molecule has 23 heavy (non-hydrogen) atoms. The number of methoxy groups -OCH3 is 1. The fraction of sp³-hybridized carbons (Fsp3) is 0.357. The lowest BCUT2D eigenvalue weighted by atomic mass is 10.1. The number of ether oxygens (including phenoxy) is 1. The highest BCUT2D eigenvalue weighted by Crippen LogP contribution is 2.41. The molecule has 0 aliphatic carbocycles. The number of rotatable bonds is 3. The highest BCUT2D eigenvalue weighted by atomic mass is 32.1. The summed E-state index contributed by atoms with van der Waals surface area (Å²) in [4.78, 5) is 5.98. The molecule has 0 saturated carbocycles. The summed E-state index contributed by atoms with van der Waals surface area (Å²) in [5.41, 5.74) is 4.96. The van der Waals surface area contributed by atoms with Gasteiger partial charge in [0.1, 0.15) is 16.5 Å². The van der Waals surface area contributed by atoms with E-state index in [1.54, 1.807) is 7.11 Å². The smallest absolute Gasteiger partial charge is 0.378 e. The normalized spacial score (nSPS) is 15.8. The van der Waals surface area contributed by atoms with Gasteiger partial charge in [-0.05, 0) is 18.2 Å². The molecule has 1 saturated heterocycles. The summed E-state index contributed by atoms with van der Waals surface area (Å²) in [6.07, 6.45) is -4.57. The monoisotopic (exact) mass is 347 g/mol. The maximum atomic E-state index is 13.6. The predicted molar refractivity (Wildman–Crippen MR) is 79.9 cm³/mol. The fourth-order valence-electron chi connectivity index (χ4n) is 2.37. The van der Waals surface area contributed by atoms with Gasteiger partial charge in [-0.2, -0.15) is 13.2 Å². The Morgan fingerprint density at radius 2 is 2.00 bits per heavy atom. The van der Waals surface area contributed by atoms with E-state index >= 15 is 0 Å². The third-order valence-corrected chi connectivity index (χ3v) is 4.54. The number of benzene rings is 1. The minimum absolute atomic E-state index is 0.0566. The van der Waals surface area contributed by atoms with Crippen LogP contribution in [-0.2, 0) is 10.9 Å². The van der Waals surface area contributed by atoms with Gasteiger partial charge in [-0.15, -0.1) is 0 Å². The zero-order chi connectivity index (χ0) is 16.8. The molecule has 1 aliphatic heterocycles. The number of halogens is 4. The Labute approximate surface area is 133 Å². The van der Waals surface area contributed by atoms with Crippen LogP contribution in [0, 0.1) is 5.82 Å². The largest absolute Gasteiger partial charge is 0.416 e. The Hall–Kier alpha value is -1.87. The lowest BCUT2D eigenvalue weighted by molar-refractivity contribution is -0.137. The summed E-state index contributed by atoms with van der Waals surface area (Å²) in [6, 6.07) is 2.37. The Morgan fingerprint density at radius 1 is 1.30 bits per heavy atom. The second-order valence-corrected chi connectivity index (χ2v) is 6.20. The van der Waals surface area contributed by atoms with Gasteiger partial charge in [0.2, 0.25) is 0 Å². The van der Waals surface area contributed by atoms with Crippen LogP contribution in [0.25, 0.3) is 11.3 Å². The molecule has 1 aromatic heterocycles. The van der Waals surface area contributed by atoms with Gasteiger partial charge in [0.15, 0.2) is 5.13 Å². The first-order chi connectivity index (χ1) is 10.8. The van der Waals surface area contributed by atoms with E-state index < -0.39 is 17.6 Å². The Bertz CT molecular complexity index is 725. The van der Waals surface area contributed by atoms with E-state index in [4.69, 9.17) is 10.5 Å². The molecular weight excluding hydrogens is 334 g/mol. The van der Waals surface area contributed by atoms with E-state index in [-0.39, 0.29) is 22.5 Å². The number of nitrogens with two attached hydrogens (primary N) is 1. The average molecular weight is 347 g/mol. The maximum Gasteiger partial charge on any atom is 0.416 e. The highest BCUT2D eigenvalue weighted by molar-refractivity contribution is 7.19. The van der Waals surface area contributed by atoms with Gasteiger partial charge in [-0.1, -0.05) is 11.3 Å². The molecular formula is C14H13F4N3OS. The van der Waals surface area contributed by atoms with Crippen molar-refractivity contribution >= 4 is 21.5 Å². The molecule has 0 unspecified atom stereocenters. The SMILES string of the molecule is COC1CN(c2sc(N)nc2-c2cc(F)cc(C(F)(F)F)c2)C1. The minimum atomic E-state index is -4.63. The third-order valence-electron chi connectivity index (χ3n) is 3.59. The quantitative estimate of drug-likeness (QED) is 0.865.